The van der Waals surface area contributed by atoms with Crippen LogP contribution in [0.1, 0.15) is 42.4 Å². The molecule has 3 heterocycles. The minimum atomic E-state index is -2.82. The molecule has 1 aromatic heterocycles. The first-order valence-corrected chi connectivity index (χ1v) is 11.3. The van der Waals surface area contributed by atoms with E-state index >= 15 is 0 Å². The Balaban J connectivity index is 1.36. The molecule has 8 heteroatoms. The number of rotatable bonds is 5. The van der Waals surface area contributed by atoms with E-state index in [0.29, 0.717) is 23.8 Å². The lowest BCUT2D eigenvalue weighted by molar-refractivity contribution is 0.163. The number of nitrogens with zero attached hydrogens (tertiary/aromatic N) is 3. The largest absolute Gasteiger partial charge is 0.496 e. The summed E-state index contributed by atoms with van der Waals surface area (Å²) in [5.41, 5.74) is 1.08. The minimum Gasteiger partial charge on any atom is -0.496 e. The summed E-state index contributed by atoms with van der Waals surface area (Å²) in [4.78, 5) is 7.05. The van der Waals surface area contributed by atoms with E-state index in [1.807, 2.05) is 24.3 Å². The van der Waals surface area contributed by atoms with Crippen molar-refractivity contribution in [2.75, 3.05) is 31.7 Å². The van der Waals surface area contributed by atoms with Crippen molar-refractivity contribution in [3.63, 3.8) is 0 Å². The number of benzene rings is 1. The Labute approximate surface area is 160 Å². The normalized spacial score (nSPS) is 23.5. The highest BCUT2D eigenvalue weighted by molar-refractivity contribution is 7.91. The Hall–Kier alpha value is -1.93. The first-order chi connectivity index (χ1) is 13.0. The van der Waals surface area contributed by atoms with Gasteiger partial charge in [0.1, 0.15) is 11.6 Å². The molecule has 2 saturated heterocycles. The summed E-state index contributed by atoms with van der Waals surface area (Å²) >= 11 is 0. The fourth-order valence-electron chi connectivity index (χ4n) is 4.19. The number of aromatic amines is 1. The third kappa shape index (κ3) is 4.16. The van der Waals surface area contributed by atoms with Crippen LogP contribution in [-0.4, -0.2) is 66.2 Å². The van der Waals surface area contributed by atoms with Gasteiger partial charge in [0, 0.05) is 23.9 Å². The lowest BCUT2D eigenvalue weighted by Crippen LogP contribution is -2.41. The molecule has 4 rings (SSSR count). The summed E-state index contributed by atoms with van der Waals surface area (Å²) in [6.07, 6.45) is 3.39. The van der Waals surface area contributed by atoms with E-state index < -0.39 is 9.84 Å². The summed E-state index contributed by atoms with van der Waals surface area (Å²) in [6, 6.07) is 8.14. The van der Waals surface area contributed by atoms with Crippen LogP contribution in [0.3, 0.4) is 0 Å². The number of nitrogens with one attached hydrogen (secondary N) is 1. The predicted molar refractivity (Wildman–Crippen MR) is 103 cm³/mol. The van der Waals surface area contributed by atoms with Crippen LogP contribution in [0.4, 0.5) is 0 Å². The first kappa shape index (κ1) is 18.4. The van der Waals surface area contributed by atoms with Gasteiger partial charge in [0.25, 0.3) is 0 Å². The molecule has 2 aliphatic heterocycles. The number of hydrogen-bond donors (Lipinski definition) is 1. The van der Waals surface area contributed by atoms with E-state index in [1.54, 1.807) is 7.11 Å². The van der Waals surface area contributed by atoms with Crippen molar-refractivity contribution in [1.29, 1.82) is 0 Å². The number of methoxy groups -OCH3 is 1. The fraction of sp³-hybridized carbons (Fsp3) is 0.579. The number of para-hydroxylation sites is 1. The van der Waals surface area contributed by atoms with Crippen LogP contribution in [0.5, 0.6) is 5.75 Å². The molecule has 0 amide bonds. The highest BCUT2D eigenvalue weighted by Crippen LogP contribution is 2.29. The second kappa shape index (κ2) is 7.59. The molecule has 0 radical (unpaired) electrons. The zero-order chi connectivity index (χ0) is 18.9. The van der Waals surface area contributed by atoms with Gasteiger partial charge >= 0.3 is 0 Å². The molecule has 1 aromatic carbocycles. The molecule has 1 atom stereocenters. The van der Waals surface area contributed by atoms with Crippen LogP contribution in [0.2, 0.25) is 0 Å². The van der Waals surface area contributed by atoms with Gasteiger partial charge in [-0.15, -0.1) is 0 Å². The second-order valence-corrected chi connectivity index (χ2v) is 9.72. The molecular weight excluding hydrogens is 364 g/mol. The van der Waals surface area contributed by atoms with E-state index in [-0.39, 0.29) is 6.04 Å². The van der Waals surface area contributed by atoms with Gasteiger partial charge in [-0.25, -0.2) is 13.4 Å². The number of hydrogen-bond acceptors (Lipinski definition) is 6. The molecule has 2 aliphatic rings. The zero-order valence-electron chi connectivity index (χ0n) is 15.6. The molecule has 1 N–H and O–H groups in total. The maximum absolute atomic E-state index is 11.7. The highest BCUT2D eigenvalue weighted by Gasteiger charge is 2.34. The van der Waals surface area contributed by atoms with Crippen LogP contribution >= 0.6 is 0 Å². The molecule has 2 aromatic rings. The van der Waals surface area contributed by atoms with Crippen molar-refractivity contribution in [3.8, 4) is 5.75 Å². The molecule has 0 aliphatic carbocycles. The number of piperidine rings is 1. The molecule has 0 bridgehead atoms. The molecular formula is C19H26N4O3S. The van der Waals surface area contributed by atoms with Crippen molar-refractivity contribution in [2.45, 2.75) is 37.6 Å². The van der Waals surface area contributed by atoms with Crippen molar-refractivity contribution in [1.82, 2.24) is 20.1 Å². The Bertz CT molecular complexity index is 888. The second-order valence-electron chi connectivity index (χ2n) is 7.50. The number of ether oxygens (including phenoxy) is 1. The van der Waals surface area contributed by atoms with Gasteiger partial charge in [-0.3, -0.25) is 10.00 Å². The summed E-state index contributed by atoms with van der Waals surface area (Å²) in [6.45, 7) is 1.84. The van der Waals surface area contributed by atoms with Crippen LogP contribution in [0.25, 0.3) is 0 Å². The van der Waals surface area contributed by atoms with Gasteiger partial charge in [-0.1, -0.05) is 18.2 Å². The van der Waals surface area contributed by atoms with Gasteiger partial charge < -0.3 is 4.74 Å². The van der Waals surface area contributed by atoms with Gasteiger partial charge in [-0.05, 0) is 38.4 Å². The Kier molecular flexibility index (Phi) is 5.19. The Morgan fingerprint density at radius 2 is 2.00 bits per heavy atom. The van der Waals surface area contributed by atoms with Crippen LogP contribution in [0, 0.1) is 0 Å². The van der Waals surface area contributed by atoms with E-state index in [0.717, 1.165) is 55.3 Å². The Morgan fingerprint density at radius 1 is 1.22 bits per heavy atom. The quantitative estimate of drug-likeness (QED) is 0.837. The maximum atomic E-state index is 11.7. The van der Waals surface area contributed by atoms with Gasteiger partial charge in [-0.2, -0.15) is 5.10 Å². The van der Waals surface area contributed by atoms with Crippen molar-refractivity contribution in [2.24, 2.45) is 0 Å². The molecule has 27 heavy (non-hydrogen) atoms. The lowest BCUT2D eigenvalue weighted by Gasteiger charge is -2.34. The smallest absolute Gasteiger partial charge is 0.153 e. The van der Waals surface area contributed by atoms with Gasteiger partial charge in [0.15, 0.2) is 15.7 Å². The molecule has 2 fully saturated rings. The third-order valence-corrected chi connectivity index (χ3v) is 7.47. The number of sulfone groups is 1. The average molecular weight is 391 g/mol. The standard InChI is InChI=1S/C19H26N4O3S/c1-26-17-5-3-2-4-15(17)12-18-20-19(22-21-18)14-6-9-23(10-7-14)16-8-11-27(24,25)13-16/h2-5,14,16H,6-13H2,1H3,(H,20,21,22). The summed E-state index contributed by atoms with van der Waals surface area (Å²) in [5, 5.41) is 7.52. The van der Waals surface area contributed by atoms with Gasteiger partial charge in [0.05, 0.1) is 18.6 Å². The fourth-order valence-corrected chi connectivity index (χ4v) is 5.95. The third-order valence-electron chi connectivity index (χ3n) is 5.72. The van der Waals surface area contributed by atoms with E-state index in [4.69, 9.17) is 9.72 Å². The summed E-state index contributed by atoms with van der Waals surface area (Å²) in [7, 11) is -1.15. The highest BCUT2D eigenvalue weighted by atomic mass is 32.2. The van der Waals surface area contributed by atoms with Crippen molar-refractivity contribution in [3.05, 3.63) is 41.5 Å². The van der Waals surface area contributed by atoms with Crippen LogP contribution in [-0.2, 0) is 16.3 Å². The molecule has 7 nitrogen and oxygen atoms in total. The Morgan fingerprint density at radius 3 is 2.70 bits per heavy atom. The predicted octanol–water partition coefficient (Wildman–Crippen LogP) is 1.77. The summed E-state index contributed by atoms with van der Waals surface area (Å²) < 4.78 is 28.8. The van der Waals surface area contributed by atoms with Crippen LogP contribution < -0.4 is 4.74 Å². The SMILES string of the molecule is COc1ccccc1Cc1nc(C2CCN(C3CCS(=O)(=O)C3)CC2)n[nH]1. The molecule has 0 spiro atoms. The van der Waals surface area contributed by atoms with E-state index in [2.05, 4.69) is 15.1 Å². The average Bonchev–Trinajstić information content (AvgIpc) is 3.28. The van der Waals surface area contributed by atoms with E-state index in [9.17, 15) is 8.42 Å². The van der Waals surface area contributed by atoms with Gasteiger partial charge in [0.2, 0.25) is 0 Å². The van der Waals surface area contributed by atoms with E-state index in [1.165, 1.54) is 0 Å². The number of H-pyrrole nitrogens is 1. The maximum Gasteiger partial charge on any atom is 0.153 e. The van der Waals surface area contributed by atoms with Crippen molar-refractivity contribution < 1.29 is 13.2 Å². The van der Waals surface area contributed by atoms with Crippen LogP contribution in [0.15, 0.2) is 24.3 Å². The minimum absolute atomic E-state index is 0.198. The zero-order valence-corrected chi connectivity index (χ0v) is 16.4. The number of aromatic nitrogens is 3. The van der Waals surface area contributed by atoms with Crippen molar-refractivity contribution >= 4 is 9.84 Å². The first-order valence-electron chi connectivity index (χ1n) is 9.51. The molecule has 146 valence electrons. The number of likely N-dealkylation sites (tertiary alicyclic amines) is 1. The topological polar surface area (TPSA) is 88.2 Å². The lowest BCUT2D eigenvalue weighted by atomic mass is 9.95. The summed E-state index contributed by atoms with van der Waals surface area (Å²) in [5.74, 6) is 3.57. The molecule has 1 unspecified atom stereocenters. The monoisotopic (exact) mass is 390 g/mol. The molecule has 0 saturated carbocycles.